The van der Waals surface area contributed by atoms with E-state index in [9.17, 15) is 14.4 Å². The lowest BCUT2D eigenvalue weighted by atomic mass is 10.2. The molecule has 2 aromatic rings. The summed E-state index contributed by atoms with van der Waals surface area (Å²) in [5.41, 5.74) is -1.37. The number of aromatic amines is 1. The third kappa shape index (κ3) is 3.72. The number of ether oxygens (including phenoxy) is 1. The molecule has 0 aliphatic heterocycles. The van der Waals surface area contributed by atoms with Crippen molar-refractivity contribution < 1.29 is 9.53 Å². The first kappa shape index (κ1) is 15.7. The smallest absolute Gasteiger partial charge is 0.407 e. The Morgan fingerprint density at radius 2 is 2.14 bits per heavy atom. The summed E-state index contributed by atoms with van der Waals surface area (Å²) in [5, 5.41) is 2.82. The largest absolute Gasteiger partial charge is 0.444 e. The fourth-order valence-electron chi connectivity index (χ4n) is 1.87. The zero-order valence-corrected chi connectivity index (χ0v) is 12.7. The molecule has 2 heterocycles. The number of rotatable bonds is 3. The van der Waals surface area contributed by atoms with Gasteiger partial charge >= 0.3 is 11.8 Å². The number of alkyl carbamates (subject to hydrolysis) is 1. The molecule has 0 aromatic carbocycles. The van der Waals surface area contributed by atoms with E-state index in [-0.39, 0.29) is 18.7 Å². The minimum Gasteiger partial charge on any atom is -0.444 e. The van der Waals surface area contributed by atoms with E-state index >= 15 is 0 Å². The summed E-state index contributed by atoms with van der Waals surface area (Å²) in [6.07, 6.45) is 0.894. The Balaban J connectivity index is 2.11. The highest BCUT2D eigenvalue weighted by molar-refractivity contribution is 5.72. The van der Waals surface area contributed by atoms with Crippen molar-refractivity contribution in [3.05, 3.63) is 39.2 Å². The third-order valence-electron chi connectivity index (χ3n) is 2.76. The maximum Gasteiger partial charge on any atom is 0.407 e. The Morgan fingerprint density at radius 1 is 1.41 bits per heavy atom. The van der Waals surface area contributed by atoms with Crippen molar-refractivity contribution in [2.24, 2.45) is 0 Å². The number of fused-ring (bicyclic) bond motifs is 1. The fraction of sp³-hybridized carbons (Fsp3) is 0.429. The Bertz CT molecular complexity index is 801. The number of nitrogens with one attached hydrogen (secondary N) is 2. The van der Waals surface area contributed by atoms with Gasteiger partial charge in [-0.1, -0.05) is 0 Å². The van der Waals surface area contributed by atoms with Crippen molar-refractivity contribution in [3.8, 4) is 0 Å². The number of carbonyl (C=O) groups is 1. The topological polar surface area (TPSA) is 106 Å². The number of aromatic nitrogens is 3. The van der Waals surface area contributed by atoms with Gasteiger partial charge in [0.1, 0.15) is 11.2 Å². The Hall–Kier alpha value is -2.64. The summed E-state index contributed by atoms with van der Waals surface area (Å²) < 4.78 is 6.09. The maximum atomic E-state index is 12.2. The molecule has 8 nitrogen and oxygen atoms in total. The second-order valence-electron chi connectivity index (χ2n) is 5.72. The van der Waals surface area contributed by atoms with Gasteiger partial charge in [0.15, 0.2) is 0 Å². The molecule has 0 atom stereocenters. The van der Waals surface area contributed by atoms with Gasteiger partial charge in [-0.3, -0.25) is 14.3 Å². The van der Waals surface area contributed by atoms with Gasteiger partial charge in [0.25, 0.3) is 5.56 Å². The lowest BCUT2D eigenvalue weighted by molar-refractivity contribution is 0.0526. The maximum absolute atomic E-state index is 12.2. The molecule has 2 N–H and O–H groups in total. The molecule has 2 rings (SSSR count). The minimum atomic E-state index is -0.604. The van der Waals surface area contributed by atoms with Crippen LogP contribution in [-0.4, -0.2) is 32.8 Å². The van der Waals surface area contributed by atoms with Crippen LogP contribution in [0.1, 0.15) is 20.8 Å². The van der Waals surface area contributed by atoms with E-state index in [0.29, 0.717) is 5.39 Å². The minimum absolute atomic E-state index is 0.0399. The van der Waals surface area contributed by atoms with Gasteiger partial charge in [-0.2, -0.15) is 0 Å². The highest BCUT2D eigenvalue weighted by Crippen LogP contribution is 2.06. The average molecular weight is 306 g/mol. The van der Waals surface area contributed by atoms with Crippen LogP contribution in [0.25, 0.3) is 11.0 Å². The molecular weight excluding hydrogens is 288 g/mol. The van der Waals surface area contributed by atoms with Crippen LogP contribution in [0, 0.1) is 0 Å². The molecule has 0 spiro atoms. The molecule has 0 saturated carbocycles. The molecule has 22 heavy (non-hydrogen) atoms. The van der Waals surface area contributed by atoms with Crippen LogP contribution in [0.15, 0.2) is 27.9 Å². The van der Waals surface area contributed by atoms with Crippen LogP contribution >= 0.6 is 0 Å². The summed E-state index contributed by atoms with van der Waals surface area (Å²) in [6, 6.07) is 3.20. The predicted octanol–water partition coefficient (Wildman–Crippen LogP) is 0.609. The van der Waals surface area contributed by atoms with Gasteiger partial charge in [-0.05, 0) is 32.9 Å². The van der Waals surface area contributed by atoms with E-state index in [1.54, 1.807) is 32.9 Å². The van der Waals surface area contributed by atoms with E-state index < -0.39 is 22.9 Å². The van der Waals surface area contributed by atoms with Gasteiger partial charge in [0.2, 0.25) is 0 Å². The molecule has 0 saturated heterocycles. The highest BCUT2D eigenvalue weighted by atomic mass is 16.6. The fourth-order valence-corrected chi connectivity index (χ4v) is 1.87. The summed E-state index contributed by atoms with van der Waals surface area (Å²) in [6.45, 7) is 5.39. The zero-order valence-electron chi connectivity index (χ0n) is 12.7. The quantitative estimate of drug-likeness (QED) is 0.864. The lowest BCUT2D eigenvalue weighted by Crippen LogP contribution is -2.40. The first-order valence-corrected chi connectivity index (χ1v) is 6.82. The van der Waals surface area contributed by atoms with E-state index in [0.717, 1.165) is 4.57 Å². The molecule has 0 unspecified atom stereocenters. The van der Waals surface area contributed by atoms with Crippen molar-refractivity contribution >= 4 is 17.1 Å². The molecule has 0 fully saturated rings. The first-order valence-electron chi connectivity index (χ1n) is 6.82. The van der Waals surface area contributed by atoms with Gasteiger partial charge in [0.05, 0.1) is 5.39 Å². The van der Waals surface area contributed by atoms with Crippen molar-refractivity contribution in [2.45, 2.75) is 32.9 Å². The molecule has 0 aliphatic carbocycles. The zero-order chi connectivity index (χ0) is 16.3. The molecule has 1 amide bonds. The highest BCUT2D eigenvalue weighted by Gasteiger charge is 2.16. The average Bonchev–Trinajstić information content (AvgIpc) is 2.40. The van der Waals surface area contributed by atoms with Crippen molar-refractivity contribution in [1.29, 1.82) is 0 Å². The molecule has 118 valence electrons. The number of nitrogens with zero attached hydrogens (tertiary/aromatic N) is 2. The normalized spacial score (nSPS) is 11.4. The molecule has 0 radical (unpaired) electrons. The number of carbonyl (C=O) groups excluding carboxylic acids is 1. The van der Waals surface area contributed by atoms with Crippen LogP contribution in [0.3, 0.4) is 0 Å². The molecule has 8 heteroatoms. The molecule has 0 bridgehead atoms. The number of hydrogen-bond acceptors (Lipinski definition) is 5. The number of pyridine rings is 1. The van der Waals surface area contributed by atoms with Crippen molar-refractivity contribution in [3.63, 3.8) is 0 Å². The SMILES string of the molecule is CC(C)(C)OC(=O)NCCn1c(=O)[nH]c2ncccc2c1=O. The van der Waals surface area contributed by atoms with Crippen molar-refractivity contribution in [2.75, 3.05) is 6.54 Å². The first-order chi connectivity index (χ1) is 10.3. The molecular formula is C14H18N4O4. The summed E-state index contributed by atoms with van der Waals surface area (Å²) in [4.78, 5) is 42.1. The van der Waals surface area contributed by atoms with E-state index in [4.69, 9.17) is 4.74 Å². The number of H-pyrrole nitrogens is 1. The van der Waals surface area contributed by atoms with Gasteiger partial charge in [0, 0.05) is 19.3 Å². The van der Waals surface area contributed by atoms with Gasteiger partial charge < -0.3 is 10.1 Å². The van der Waals surface area contributed by atoms with Gasteiger partial charge in [-0.15, -0.1) is 0 Å². The second kappa shape index (κ2) is 6.00. The van der Waals surface area contributed by atoms with Gasteiger partial charge in [-0.25, -0.2) is 14.6 Å². The second-order valence-corrected chi connectivity index (χ2v) is 5.72. The van der Waals surface area contributed by atoms with E-state index in [2.05, 4.69) is 15.3 Å². The Labute approximate surface area is 126 Å². The number of amides is 1. The van der Waals surface area contributed by atoms with Crippen LogP contribution < -0.4 is 16.6 Å². The lowest BCUT2D eigenvalue weighted by Gasteiger charge is -2.19. The number of hydrogen-bond donors (Lipinski definition) is 2. The standard InChI is InChI=1S/C14H18N4O4/c1-14(2,3)22-13(21)16-7-8-18-11(19)9-5-4-6-15-10(9)17-12(18)20/h4-6H,7-8H2,1-3H3,(H,16,21)(H,15,17,20). The van der Waals surface area contributed by atoms with Crippen LogP contribution in [0.2, 0.25) is 0 Å². The predicted molar refractivity (Wildman–Crippen MR) is 80.9 cm³/mol. The van der Waals surface area contributed by atoms with Crippen LogP contribution in [-0.2, 0) is 11.3 Å². The van der Waals surface area contributed by atoms with Crippen LogP contribution in [0.4, 0.5) is 4.79 Å². The van der Waals surface area contributed by atoms with Crippen LogP contribution in [0.5, 0.6) is 0 Å². The molecule has 2 aromatic heterocycles. The summed E-state index contributed by atoms with van der Waals surface area (Å²) >= 11 is 0. The Kier molecular flexibility index (Phi) is 4.30. The van der Waals surface area contributed by atoms with Crippen molar-refractivity contribution in [1.82, 2.24) is 19.9 Å². The third-order valence-corrected chi connectivity index (χ3v) is 2.76. The van der Waals surface area contributed by atoms with E-state index in [1.807, 2.05) is 0 Å². The summed E-state index contributed by atoms with van der Waals surface area (Å²) in [7, 11) is 0. The Morgan fingerprint density at radius 3 is 2.82 bits per heavy atom. The molecule has 0 aliphatic rings. The van der Waals surface area contributed by atoms with E-state index in [1.165, 1.54) is 6.20 Å². The summed E-state index contributed by atoms with van der Waals surface area (Å²) in [5.74, 6) is 0. The monoisotopic (exact) mass is 306 g/mol.